The van der Waals surface area contributed by atoms with Crippen molar-refractivity contribution in [3.63, 3.8) is 0 Å². The summed E-state index contributed by atoms with van der Waals surface area (Å²) in [6.45, 7) is 3.77. The molecule has 0 spiro atoms. The Kier molecular flexibility index (Phi) is 7.79. The summed E-state index contributed by atoms with van der Waals surface area (Å²) in [7, 11) is 7.67. The molecule has 1 aliphatic heterocycles. The molecule has 0 amide bonds. The van der Waals surface area contributed by atoms with Gasteiger partial charge < -0.3 is 24.3 Å². The minimum atomic E-state index is -0.374. The number of carbonyl (C=O) groups excluding carboxylic acids is 1. The van der Waals surface area contributed by atoms with E-state index in [4.69, 9.17) is 22.2 Å². The lowest BCUT2D eigenvalue weighted by molar-refractivity contribution is -0.137. The number of nitrogens with zero attached hydrogens (tertiary/aromatic N) is 1. The third kappa shape index (κ3) is 6.03. The summed E-state index contributed by atoms with van der Waals surface area (Å²) in [5, 5.41) is 3.45. The molecular weight excluding hydrogens is 379 g/mol. The van der Waals surface area contributed by atoms with Crippen LogP contribution in [0.5, 0.6) is 17.2 Å². The van der Waals surface area contributed by atoms with Crippen molar-refractivity contribution in [1.29, 1.82) is 0 Å². The lowest BCUT2D eigenvalue weighted by atomic mass is 10.1. The molecule has 1 heterocycles. The van der Waals surface area contributed by atoms with Gasteiger partial charge in [0.05, 0.1) is 19.4 Å². The van der Waals surface area contributed by atoms with Gasteiger partial charge in [-0.15, -0.1) is 0 Å². The van der Waals surface area contributed by atoms with E-state index in [1.165, 1.54) is 6.08 Å². The third-order valence-electron chi connectivity index (χ3n) is 4.94. The van der Waals surface area contributed by atoms with Gasteiger partial charge in [0.25, 0.3) is 0 Å². The molecule has 0 bridgehead atoms. The number of benzene rings is 2. The monoisotopic (exact) mass is 406 g/mol. The van der Waals surface area contributed by atoms with E-state index in [2.05, 4.69) is 5.32 Å². The Balaban J connectivity index is 1.79. The first kappa shape index (κ1) is 21.8. The fourth-order valence-electron chi connectivity index (χ4n) is 3.30. The van der Waals surface area contributed by atoms with Crippen molar-refractivity contribution in [3.8, 4) is 17.2 Å². The van der Waals surface area contributed by atoms with E-state index in [1.807, 2.05) is 47.3 Å². The zero-order valence-electron chi connectivity index (χ0n) is 17.5. The lowest BCUT2D eigenvalue weighted by Gasteiger charge is -2.22. The van der Waals surface area contributed by atoms with Crippen LogP contribution < -0.4 is 14.8 Å². The molecular formula is C23H27BN2O4. The Bertz CT molecular complexity index is 870. The molecule has 30 heavy (non-hydrogen) atoms. The largest absolute Gasteiger partial charge is 0.497 e. The molecule has 2 aromatic carbocycles. The zero-order valence-corrected chi connectivity index (χ0v) is 17.5. The van der Waals surface area contributed by atoms with E-state index in [9.17, 15) is 4.79 Å². The second kappa shape index (κ2) is 10.7. The fraction of sp³-hybridized carbons (Fsp3) is 0.348. The van der Waals surface area contributed by atoms with E-state index in [-0.39, 0.29) is 5.97 Å². The first-order chi connectivity index (χ1) is 14.6. The summed E-state index contributed by atoms with van der Waals surface area (Å²) in [6, 6.07) is 13.4. The lowest BCUT2D eigenvalue weighted by Crippen LogP contribution is -2.32. The van der Waals surface area contributed by atoms with Crippen molar-refractivity contribution in [2.45, 2.75) is 25.8 Å². The Labute approximate surface area is 179 Å². The number of hydrogen-bond donors (Lipinski definition) is 1. The highest BCUT2D eigenvalue weighted by Crippen LogP contribution is 2.32. The molecule has 6 nitrogen and oxygen atoms in total. The zero-order chi connectivity index (χ0) is 21.3. The van der Waals surface area contributed by atoms with Gasteiger partial charge in [-0.1, -0.05) is 6.07 Å². The summed E-state index contributed by atoms with van der Waals surface area (Å²) in [5.41, 5.74) is 1.69. The number of carbonyl (C=O) groups is 1. The molecule has 0 unspecified atom stereocenters. The number of hydrogen-bond acceptors (Lipinski definition) is 6. The standard InChI is InChI=1S/C23H27BN2O4/c1-3-29-23(27)13-7-17-6-12-21(25-16-18-5-4-14-26(18)24)22(15-17)30-20-10-8-19(28-2)9-11-20/h6-13,15,18,25H,3-5,14,16H2,1-2H3/b13-7+/t18-/m0/s1. The minimum Gasteiger partial charge on any atom is -0.497 e. The molecule has 2 radical (unpaired) electrons. The normalized spacial score (nSPS) is 16.5. The van der Waals surface area contributed by atoms with E-state index in [0.29, 0.717) is 24.1 Å². The number of anilines is 1. The predicted octanol–water partition coefficient (Wildman–Crippen LogP) is 4.02. The van der Waals surface area contributed by atoms with Crippen LogP contribution in [-0.4, -0.2) is 51.6 Å². The summed E-state index contributed by atoms with van der Waals surface area (Å²) in [4.78, 5) is 13.5. The molecule has 0 aliphatic carbocycles. The van der Waals surface area contributed by atoms with Gasteiger partial charge in [0.1, 0.15) is 11.5 Å². The highest BCUT2D eigenvalue weighted by molar-refractivity contribution is 6.04. The minimum absolute atomic E-state index is 0.294. The molecule has 1 N–H and O–H groups in total. The number of methoxy groups -OCH3 is 1. The summed E-state index contributed by atoms with van der Waals surface area (Å²) < 4.78 is 16.3. The predicted molar refractivity (Wildman–Crippen MR) is 119 cm³/mol. The van der Waals surface area contributed by atoms with Crippen molar-refractivity contribution in [3.05, 3.63) is 54.1 Å². The molecule has 7 heteroatoms. The van der Waals surface area contributed by atoms with Crippen LogP contribution in [0, 0.1) is 0 Å². The van der Waals surface area contributed by atoms with Crippen molar-refractivity contribution in [1.82, 2.24) is 4.81 Å². The smallest absolute Gasteiger partial charge is 0.330 e. The van der Waals surface area contributed by atoms with Gasteiger partial charge in [0.2, 0.25) is 0 Å². The van der Waals surface area contributed by atoms with E-state index < -0.39 is 0 Å². The van der Waals surface area contributed by atoms with Crippen LogP contribution in [0.4, 0.5) is 5.69 Å². The SMILES string of the molecule is [B]N1CCC[C@H]1CNc1ccc(/C=C/C(=O)OCC)cc1Oc1ccc(OC)cc1. The van der Waals surface area contributed by atoms with Crippen molar-refractivity contribution in [2.24, 2.45) is 0 Å². The summed E-state index contributed by atoms with van der Waals surface area (Å²) in [5.74, 6) is 1.73. The molecule has 1 fully saturated rings. The van der Waals surface area contributed by atoms with Crippen molar-refractivity contribution in [2.75, 3.05) is 32.1 Å². The van der Waals surface area contributed by atoms with Crippen LogP contribution in [0.25, 0.3) is 6.08 Å². The second-order valence-corrected chi connectivity index (χ2v) is 7.03. The van der Waals surface area contributed by atoms with Gasteiger partial charge >= 0.3 is 5.97 Å². The van der Waals surface area contributed by atoms with E-state index in [1.54, 1.807) is 20.1 Å². The maximum atomic E-state index is 11.6. The van der Waals surface area contributed by atoms with Crippen LogP contribution in [0.1, 0.15) is 25.3 Å². The fourth-order valence-corrected chi connectivity index (χ4v) is 3.30. The number of nitrogens with one attached hydrogen (secondary N) is 1. The van der Waals surface area contributed by atoms with E-state index in [0.717, 1.165) is 42.9 Å². The molecule has 156 valence electrons. The molecule has 3 rings (SSSR count). The van der Waals surface area contributed by atoms with Crippen molar-refractivity contribution < 1.29 is 19.0 Å². The molecule has 2 aromatic rings. The Morgan fingerprint density at radius 2 is 2.00 bits per heavy atom. The van der Waals surface area contributed by atoms with Crippen LogP contribution >= 0.6 is 0 Å². The molecule has 0 saturated carbocycles. The van der Waals surface area contributed by atoms with Crippen LogP contribution in [0.3, 0.4) is 0 Å². The molecule has 1 saturated heterocycles. The Morgan fingerprint density at radius 1 is 1.23 bits per heavy atom. The highest BCUT2D eigenvalue weighted by Gasteiger charge is 2.20. The van der Waals surface area contributed by atoms with Gasteiger partial charge in [0.15, 0.2) is 13.7 Å². The molecule has 0 aromatic heterocycles. The first-order valence-electron chi connectivity index (χ1n) is 10.1. The number of rotatable bonds is 9. The Hall–Kier alpha value is -2.93. The van der Waals surface area contributed by atoms with Gasteiger partial charge in [-0.25, -0.2) is 4.79 Å². The van der Waals surface area contributed by atoms with Gasteiger partial charge in [-0.2, -0.15) is 0 Å². The van der Waals surface area contributed by atoms with Crippen LogP contribution in [0.15, 0.2) is 48.5 Å². The first-order valence-corrected chi connectivity index (χ1v) is 10.1. The van der Waals surface area contributed by atoms with Gasteiger partial charge in [-0.3, -0.25) is 0 Å². The van der Waals surface area contributed by atoms with Crippen LogP contribution in [0.2, 0.25) is 0 Å². The van der Waals surface area contributed by atoms with Gasteiger partial charge in [0, 0.05) is 18.7 Å². The van der Waals surface area contributed by atoms with Crippen LogP contribution in [-0.2, 0) is 9.53 Å². The number of ether oxygens (including phenoxy) is 3. The highest BCUT2D eigenvalue weighted by atomic mass is 16.5. The average Bonchev–Trinajstić information content (AvgIpc) is 3.17. The van der Waals surface area contributed by atoms with Gasteiger partial charge in [-0.05, 0) is 74.3 Å². The molecule has 1 aliphatic rings. The summed E-state index contributed by atoms with van der Waals surface area (Å²) in [6.07, 6.45) is 5.29. The third-order valence-corrected chi connectivity index (χ3v) is 4.94. The quantitative estimate of drug-likeness (QED) is 0.386. The van der Waals surface area contributed by atoms with Crippen molar-refractivity contribution >= 4 is 25.7 Å². The second-order valence-electron chi connectivity index (χ2n) is 7.03. The van der Waals surface area contributed by atoms with E-state index >= 15 is 0 Å². The topological polar surface area (TPSA) is 60.0 Å². The number of esters is 1. The average molecular weight is 406 g/mol. The summed E-state index contributed by atoms with van der Waals surface area (Å²) >= 11 is 0. The Morgan fingerprint density at radius 3 is 2.67 bits per heavy atom. The maximum Gasteiger partial charge on any atom is 0.330 e. The molecule has 1 atom stereocenters. The maximum absolute atomic E-state index is 11.6.